The molecule has 3 nitrogen and oxygen atoms in total. The van der Waals surface area contributed by atoms with Crippen molar-refractivity contribution in [3.63, 3.8) is 0 Å². The van der Waals surface area contributed by atoms with E-state index in [1.807, 2.05) is 31.2 Å². The van der Waals surface area contributed by atoms with Crippen molar-refractivity contribution in [3.05, 3.63) is 53.2 Å². The summed E-state index contributed by atoms with van der Waals surface area (Å²) in [5, 5.41) is 8.91. The zero-order chi connectivity index (χ0) is 13.1. The zero-order valence-electron chi connectivity index (χ0n) is 10.5. The molecule has 0 fully saturated rings. The maximum absolute atomic E-state index is 10.8. The van der Waals surface area contributed by atoms with E-state index in [-0.39, 0.29) is 6.42 Å². The quantitative estimate of drug-likeness (QED) is 0.898. The molecule has 0 saturated carbocycles. The fourth-order valence-electron chi connectivity index (χ4n) is 1.89. The van der Waals surface area contributed by atoms with Crippen molar-refractivity contribution in [2.45, 2.75) is 20.3 Å². The molecule has 1 aromatic heterocycles. The van der Waals surface area contributed by atoms with Gasteiger partial charge < -0.3 is 5.11 Å². The number of hydrogen-bond acceptors (Lipinski definition) is 2. The Labute approximate surface area is 106 Å². The highest BCUT2D eigenvalue weighted by atomic mass is 16.4. The maximum Gasteiger partial charge on any atom is 0.307 e. The first-order chi connectivity index (χ1) is 8.58. The molecule has 0 atom stereocenters. The fraction of sp³-hybridized carbons (Fsp3) is 0.200. The summed E-state index contributed by atoms with van der Waals surface area (Å²) in [5.41, 5.74) is 4.86. The molecular weight excluding hydrogens is 226 g/mol. The third kappa shape index (κ3) is 2.56. The maximum atomic E-state index is 10.8. The standard InChI is InChI=1S/C15H15NO2/c1-10-5-6-13(8-11(10)2)15-12(9-14(17)18)4-3-7-16-15/h3-8H,9H2,1-2H3,(H,17,18). The van der Waals surface area contributed by atoms with E-state index in [1.54, 1.807) is 12.3 Å². The topological polar surface area (TPSA) is 50.2 Å². The van der Waals surface area contributed by atoms with Gasteiger partial charge in [-0.2, -0.15) is 0 Å². The number of benzene rings is 1. The molecule has 0 spiro atoms. The van der Waals surface area contributed by atoms with E-state index in [9.17, 15) is 4.79 Å². The molecule has 0 aliphatic rings. The summed E-state index contributed by atoms with van der Waals surface area (Å²) in [6.45, 7) is 4.09. The Kier molecular flexibility index (Phi) is 3.42. The molecule has 0 saturated heterocycles. The Bertz CT molecular complexity index is 591. The van der Waals surface area contributed by atoms with E-state index in [2.05, 4.69) is 11.9 Å². The molecule has 18 heavy (non-hydrogen) atoms. The van der Waals surface area contributed by atoms with Crippen LogP contribution in [0.1, 0.15) is 16.7 Å². The van der Waals surface area contributed by atoms with Crippen LogP contribution in [0.25, 0.3) is 11.3 Å². The third-order valence-corrected chi connectivity index (χ3v) is 3.01. The highest BCUT2D eigenvalue weighted by Crippen LogP contribution is 2.23. The number of carboxylic acid groups (broad SMARTS) is 1. The summed E-state index contributed by atoms with van der Waals surface area (Å²) >= 11 is 0. The Morgan fingerprint density at radius 3 is 2.67 bits per heavy atom. The Hall–Kier alpha value is -2.16. The number of nitrogens with zero attached hydrogens (tertiary/aromatic N) is 1. The lowest BCUT2D eigenvalue weighted by molar-refractivity contribution is -0.136. The lowest BCUT2D eigenvalue weighted by atomic mass is 10.00. The number of carbonyl (C=O) groups is 1. The Balaban J connectivity index is 2.49. The lowest BCUT2D eigenvalue weighted by Crippen LogP contribution is -2.03. The summed E-state index contributed by atoms with van der Waals surface area (Å²) < 4.78 is 0. The van der Waals surface area contributed by atoms with Crippen LogP contribution in [0.4, 0.5) is 0 Å². The van der Waals surface area contributed by atoms with Gasteiger partial charge in [0.05, 0.1) is 12.1 Å². The third-order valence-electron chi connectivity index (χ3n) is 3.01. The van der Waals surface area contributed by atoms with Crippen molar-refractivity contribution >= 4 is 5.97 Å². The van der Waals surface area contributed by atoms with Crippen molar-refractivity contribution in [2.24, 2.45) is 0 Å². The summed E-state index contributed by atoms with van der Waals surface area (Å²) in [5.74, 6) is -0.840. The minimum atomic E-state index is -0.840. The summed E-state index contributed by atoms with van der Waals surface area (Å²) in [6, 6.07) is 9.64. The van der Waals surface area contributed by atoms with E-state index < -0.39 is 5.97 Å². The number of aryl methyl sites for hydroxylation is 2. The predicted molar refractivity (Wildman–Crippen MR) is 70.5 cm³/mol. The lowest BCUT2D eigenvalue weighted by Gasteiger charge is -2.08. The van der Waals surface area contributed by atoms with Gasteiger partial charge in [0.25, 0.3) is 0 Å². The molecule has 0 aliphatic heterocycles. The first kappa shape index (κ1) is 12.3. The molecule has 0 unspecified atom stereocenters. The van der Waals surface area contributed by atoms with Crippen LogP contribution in [-0.4, -0.2) is 16.1 Å². The van der Waals surface area contributed by atoms with Crippen LogP contribution in [-0.2, 0) is 11.2 Å². The molecular formula is C15H15NO2. The van der Waals surface area contributed by atoms with Gasteiger partial charge in [-0.3, -0.25) is 9.78 Å². The average Bonchev–Trinajstić information content (AvgIpc) is 2.33. The van der Waals surface area contributed by atoms with E-state index in [0.717, 1.165) is 16.8 Å². The van der Waals surface area contributed by atoms with Gasteiger partial charge in [-0.25, -0.2) is 0 Å². The van der Waals surface area contributed by atoms with E-state index in [4.69, 9.17) is 5.11 Å². The molecule has 0 aliphatic carbocycles. The van der Waals surface area contributed by atoms with Crippen LogP contribution in [0.3, 0.4) is 0 Å². The summed E-state index contributed by atoms with van der Waals surface area (Å²) in [4.78, 5) is 15.2. The number of carboxylic acids is 1. The second kappa shape index (κ2) is 5.00. The summed E-state index contributed by atoms with van der Waals surface area (Å²) in [7, 11) is 0. The molecule has 1 N–H and O–H groups in total. The highest BCUT2D eigenvalue weighted by Gasteiger charge is 2.10. The van der Waals surface area contributed by atoms with E-state index in [0.29, 0.717) is 0 Å². The van der Waals surface area contributed by atoms with Crippen molar-refractivity contribution in [1.82, 2.24) is 4.98 Å². The van der Waals surface area contributed by atoms with E-state index >= 15 is 0 Å². The van der Waals surface area contributed by atoms with Crippen LogP contribution < -0.4 is 0 Å². The average molecular weight is 241 g/mol. The van der Waals surface area contributed by atoms with Gasteiger partial charge in [0.1, 0.15) is 0 Å². The monoisotopic (exact) mass is 241 g/mol. The van der Waals surface area contributed by atoms with Crippen LogP contribution in [0.2, 0.25) is 0 Å². The second-order valence-electron chi connectivity index (χ2n) is 4.38. The zero-order valence-corrected chi connectivity index (χ0v) is 10.5. The number of aromatic nitrogens is 1. The smallest absolute Gasteiger partial charge is 0.307 e. The van der Waals surface area contributed by atoms with Gasteiger partial charge >= 0.3 is 5.97 Å². The number of rotatable bonds is 3. The molecule has 0 bridgehead atoms. The van der Waals surface area contributed by atoms with Gasteiger partial charge in [-0.15, -0.1) is 0 Å². The van der Waals surface area contributed by atoms with Gasteiger partial charge in [0.15, 0.2) is 0 Å². The molecule has 0 amide bonds. The van der Waals surface area contributed by atoms with Crippen molar-refractivity contribution in [3.8, 4) is 11.3 Å². The van der Waals surface area contributed by atoms with Gasteiger partial charge in [0.2, 0.25) is 0 Å². The first-order valence-corrected chi connectivity index (χ1v) is 5.81. The molecule has 2 aromatic rings. The number of hydrogen-bond donors (Lipinski definition) is 1. The Morgan fingerprint density at radius 1 is 1.22 bits per heavy atom. The molecule has 1 aromatic carbocycles. The molecule has 1 heterocycles. The van der Waals surface area contributed by atoms with Crippen molar-refractivity contribution in [2.75, 3.05) is 0 Å². The highest BCUT2D eigenvalue weighted by molar-refractivity contribution is 5.75. The second-order valence-corrected chi connectivity index (χ2v) is 4.38. The SMILES string of the molecule is Cc1ccc(-c2ncccc2CC(=O)O)cc1C. The normalized spacial score (nSPS) is 10.3. The van der Waals surface area contributed by atoms with Crippen LogP contribution in [0.5, 0.6) is 0 Å². The minimum Gasteiger partial charge on any atom is -0.481 e. The van der Waals surface area contributed by atoms with Crippen molar-refractivity contribution in [1.29, 1.82) is 0 Å². The largest absolute Gasteiger partial charge is 0.481 e. The number of aliphatic carboxylic acids is 1. The van der Waals surface area contributed by atoms with Gasteiger partial charge in [0, 0.05) is 11.8 Å². The van der Waals surface area contributed by atoms with Crippen LogP contribution >= 0.6 is 0 Å². The van der Waals surface area contributed by atoms with Crippen LogP contribution in [0.15, 0.2) is 36.5 Å². The van der Waals surface area contributed by atoms with E-state index in [1.165, 1.54) is 11.1 Å². The number of pyridine rings is 1. The molecule has 92 valence electrons. The minimum absolute atomic E-state index is 0.00387. The first-order valence-electron chi connectivity index (χ1n) is 5.81. The van der Waals surface area contributed by atoms with Gasteiger partial charge in [-0.1, -0.05) is 18.2 Å². The Morgan fingerprint density at radius 2 is 2.00 bits per heavy atom. The predicted octanol–water partition coefficient (Wildman–Crippen LogP) is 2.99. The fourth-order valence-corrected chi connectivity index (χ4v) is 1.89. The van der Waals surface area contributed by atoms with Crippen molar-refractivity contribution < 1.29 is 9.90 Å². The van der Waals surface area contributed by atoms with Gasteiger partial charge in [-0.05, 0) is 42.7 Å². The summed E-state index contributed by atoms with van der Waals surface area (Å²) in [6.07, 6.45) is 1.69. The molecule has 3 heteroatoms. The molecule has 2 rings (SSSR count). The van der Waals surface area contributed by atoms with Crippen LogP contribution in [0, 0.1) is 13.8 Å². The molecule has 0 radical (unpaired) electrons.